The van der Waals surface area contributed by atoms with E-state index < -0.39 is 46.7 Å². The number of nitrogens with one attached hydrogen (secondary N) is 1. The predicted octanol–water partition coefficient (Wildman–Crippen LogP) is 2.82. The minimum absolute atomic E-state index is 0.00636. The van der Waals surface area contributed by atoms with Crippen LogP contribution in [0.2, 0.25) is 0 Å². The maximum atomic E-state index is 13.0. The summed E-state index contributed by atoms with van der Waals surface area (Å²) >= 11 is 5.81. The smallest absolute Gasteiger partial charge is 0.407 e. The van der Waals surface area contributed by atoms with Gasteiger partial charge in [-0.05, 0) is 51.4 Å². The lowest BCUT2D eigenvalue weighted by Crippen LogP contribution is -2.61. The normalized spacial score (nSPS) is 15.3. The average molecular weight is 465 g/mol. The third kappa shape index (κ3) is 5.16. The van der Waals surface area contributed by atoms with Gasteiger partial charge in [-0.2, -0.15) is 0 Å². The molecular weight excluding hydrogens is 440 g/mol. The van der Waals surface area contributed by atoms with E-state index in [9.17, 15) is 24.0 Å². The molecule has 9 nitrogen and oxygen atoms in total. The maximum Gasteiger partial charge on any atom is 0.407 e. The van der Waals surface area contributed by atoms with Gasteiger partial charge in [-0.1, -0.05) is 24.3 Å². The molecule has 0 bridgehead atoms. The Morgan fingerprint density at radius 3 is 2.09 bits per heavy atom. The molecule has 10 heteroatoms. The molecule has 1 N–H and O–H groups in total. The highest BCUT2D eigenvalue weighted by Gasteiger charge is 2.58. The monoisotopic (exact) mass is 464 g/mol. The number of alkyl carbamates (subject to hydrolysis) is 1. The van der Waals surface area contributed by atoms with Crippen LogP contribution >= 0.6 is 11.6 Å². The standard InChI is InChI=1S/C22H25ClN2O7/c1-5-31-19(29)22(18(23)28,12-8-9-13-24-20(30)32-21(2,3)4)25-16(26)14-10-6-7-11-15(14)17(25)27/h6-11H,5,12-13H2,1-4H3,(H,24,30). The summed E-state index contributed by atoms with van der Waals surface area (Å²) in [6.45, 7) is 6.56. The minimum atomic E-state index is -2.40. The quantitative estimate of drug-likeness (QED) is 0.206. The van der Waals surface area contributed by atoms with Gasteiger partial charge in [-0.25, -0.2) is 14.5 Å². The van der Waals surface area contributed by atoms with Crippen molar-refractivity contribution in [1.82, 2.24) is 10.2 Å². The lowest BCUT2D eigenvalue weighted by atomic mass is 9.93. The molecule has 0 fully saturated rings. The van der Waals surface area contributed by atoms with Gasteiger partial charge in [0.05, 0.1) is 17.7 Å². The number of hydrogen-bond donors (Lipinski definition) is 1. The van der Waals surface area contributed by atoms with Gasteiger partial charge in [0.25, 0.3) is 17.1 Å². The first kappa shape index (κ1) is 25.1. The molecule has 0 radical (unpaired) electrons. The molecule has 0 saturated carbocycles. The van der Waals surface area contributed by atoms with E-state index in [1.165, 1.54) is 31.2 Å². The van der Waals surface area contributed by atoms with Crippen LogP contribution in [0.25, 0.3) is 0 Å². The van der Waals surface area contributed by atoms with Crippen molar-refractivity contribution in [3.8, 4) is 0 Å². The summed E-state index contributed by atoms with van der Waals surface area (Å²) < 4.78 is 10.1. The second-order valence-electron chi connectivity index (χ2n) is 7.90. The molecule has 1 aliphatic rings. The Bertz CT molecular complexity index is 932. The maximum absolute atomic E-state index is 13.0. The first-order valence-electron chi connectivity index (χ1n) is 9.92. The van der Waals surface area contributed by atoms with Gasteiger partial charge < -0.3 is 14.8 Å². The van der Waals surface area contributed by atoms with Gasteiger partial charge in [-0.3, -0.25) is 14.4 Å². The van der Waals surface area contributed by atoms with Crippen LogP contribution in [0.5, 0.6) is 0 Å². The molecule has 1 aromatic rings. The zero-order valence-corrected chi connectivity index (χ0v) is 19.0. The van der Waals surface area contributed by atoms with Crippen LogP contribution in [0.15, 0.2) is 36.4 Å². The van der Waals surface area contributed by atoms with E-state index in [2.05, 4.69) is 5.32 Å². The SMILES string of the molecule is CCOC(=O)C(CC=CCNC(=O)OC(C)(C)C)(C(=O)Cl)N1C(=O)c2ccccc2C1=O. The number of amides is 3. The Balaban J connectivity index is 2.30. The van der Waals surface area contributed by atoms with E-state index in [1.54, 1.807) is 32.9 Å². The van der Waals surface area contributed by atoms with E-state index >= 15 is 0 Å². The Hall–Kier alpha value is -3.20. The molecule has 1 aromatic carbocycles. The summed E-state index contributed by atoms with van der Waals surface area (Å²) in [5.41, 5.74) is -2.96. The molecule has 0 saturated heterocycles. The number of nitrogens with zero attached hydrogens (tertiary/aromatic N) is 1. The van der Waals surface area contributed by atoms with Gasteiger partial charge in [0, 0.05) is 13.0 Å². The van der Waals surface area contributed by atoms with Gasteiger partial charge >= 0.3 is 12.1 Å². The minimum Gasteiger partial charge on any atom is -0.464 e. The zero-order chi connectivity index (χ0) is 24.1. The fourth-order valence-corrected chi connectivity index (χ4v) is 3.33. The highest BCUT2D eigenvalue weighted by atomic mass is 35.5. The van der Waals surface area contributed by atoms with E-state index in [4.69, 9.17) is 21.1 Å². The summed E-state index contributed by atoms with van der Waals surface area (Å²) in [5.74, 6) is -2.78. The van der Waals surface area contributed by atoms with E-state index in [-0.39, 0.29) is 24.3 Å². The number of benzene rings is 1. The Morgan fingerprint density at radius 1 is 1.06 bits per heavy atom. The van der Waals surface area contributed by atoms with E-state index in [0.29, 0.717) is 4.90 Å². The van der Waals surface area contributed by atoms with Gasteiger partial charge in [0.15, 0.2) is 0 Å². The summed E-state index contributed by atoms with van der Waals surface area (Å²) in [5, 5.41) is 1.24. The molecule has 1 heterocycles. The highest BCUT2D eigenvalue weighted by molar-refractivity contribution is 6.68. The lowest BCUT2D eigenvalue weighted by Gasteiger charge is -2.34. The average Bonchev–Trinajstić information content (AvgIpc) is 2.95. The van der Waals surface area contributed by atoms with Crippen LogP contribution in [0.3, 0.4) is 0 Å². The summed E-state index contributed by atoms with van der Waals surface area (Å²) in [7, 11) is 0. The Morgan fingerprint density at radius 2 is 1.62 bits per heavy atom. The summed E-state index contributed by atoms with van der Waals surface area (Å²) in [4.78, 5) is 63.6. The Kier molecular flexibility index (Phi) is 7.79. The van der Waals surface area contributed by atoms with Gasteiger partial charge in [-0.15, -0.1) is 0 Å². The number of halogens is 1. The summed E-state index contributed by atoms with van der Waals surface area (Å²) in [6, 6.07) is 5.96. The van der Waals surface area contributed by atoms with Crippen LogP contribution in [0.4, 0.5) is 4.79 Å². The van der Waals surface area contributed by atoms with E-state index in [0.717, 1.165) is 0 Å². The third-order valence-electron chi connectivity index (χ3n) is 4.46. The van der Waals surface area contributed by atoms with Crippen LogP contribution in [-0.4, -0.2) is 58.3 Å². The molecule has 3 amide bonds. The zero-order valence-electron chi connectivity index (χ0n) is 18.3. The number of carbonyl (C=O) groups excluding carboxylic acids is 5. The fraction of sp³-hybridized carbons (Fsp3) is 0.409. The second kappa shape index (κ2) is 9.95. The van der Waals surface area contributed by atoms with Crippen molar-refractivity contribution in [2.24, 2.45) is 0 Å². The number of esters is 1. The van der Waals surface area contributed by atoms with E-state index in [1.807, 2.05) is 0 Å². The van der Waals surface area contributed by atoms with Crippen LogP contribution in [0, 0.1) is 0 Å². The van der Waals surface area contributed by atoms with Crippen LogP contribution < -0.4 is 5.32 Å². The Labute approximate surface area is 190 Å². The number of imide groups is 1. The van der Waals surface area contributed by atoms with Crippen molar-refractivity contribution in [1.29, 1.82) is 0 Å². The van der Waals surface area contributed by atoms with Crippen molar-refractivity contribution in [3.05, 3.63) is 47.5 Å². The fourth-order valence-electron chi connectivity index (χ4n) is 3.09. The summed E-state index contributed by atoms with van der Waals surface area (Å²) in [6.07, 6.45) is 1.71. The third-order valence-corrected chi connectivity index (χ3v) is 4.77. The number of fused-ring (bicyclic) bond motifs is 1. The topological polar surface area (TPSA) is 119 Å². The molecule has 1 aliphatic heterocycles. The van der Waals surface area contributed by atoms with Crippen molar-refractivity contribution in [3.63, 3.8) is 0 Å². The molecule has 1 atom stereocenters. The number of rotatable bonds is 8. The molecule has 2 rings (SSSR count). The predicted molar refractivity (Wildman–Crippen MR) is 115 cm³/mol. The molecule has 1 unspecified atom stereocenters. The van der Waals surface area contributed by atoms with Crippen LogP contribution in [-0.2, 0) is 19.1 Å². The largest absolute Gasteiger partial charge is 0.464 e. The molecular formula is C22H25ClN2O7. The molecule has 172 valence electrons. The van der Waals surface area contributed by atoms with Crippen molar-refractivity contribution < 1.29 is 33.4 Å². The second-order valence-corrected chi connectivity index (χ2v) is 8.25. The first-order chi connectivity index (χ1) is 15.0. The number of carbonyl (C=O) groups is 5. The molecule has 0 aromatic heterocycles. The molecule has 32 heavy (non-hydrogen) atoms. The first-order valence-corrected chi connectivity index (χ1v) is 10.3. The molecule has 0 spiro atoms. The highest BCUT2D eigenvalue weighted by Crippen LogP contribution is 2.34. The number of ether oxygens (including phenoxy) is 2. The molecule has 0 aliphatic carbocycles. The van der Waals surface area contributed by atoms with Gasteiger partial charge in [0.1, 0.15) is 5.60 Å². The van der Waals surface area contributed by atoms with Gasteiger partial charge in [0.2, 0.25) is 5.54 Å². The lowest BCUT2D eigenvalue weighted by molar-refractivity contribution is -0.157. The van der Waals surface area contributed by atoms with Crippen molar-refractivity contribution >= 4 is 40.7 Å². The number of hydrogen-bond acceptors (Lipinski definition) is 7. The van der Waals surface area contributed by atoms with Crippen molar-refractivity contribution in [2.45, 2.75) is 45.3 Å². The van der Waals surface area contributed by atoms with Crippen molar-refractivity contribution in [2.75, 3.05) is 13.2 Å². The van der Waals surface area contributed by atoms with Crippen LogP contribution in [0.1, 0.15) is 54.8 Å².